The molecule has 2 amide bonds. The average molecular weight is 553 g/mol. The van der Waals surface area contributed by atoms with Crippen molar-refractivity contribution in [1.29, 1.82) is 0 Å². The minimum atomic E-state index is -0.811. The minimum Gasteiger partial charge on any atom is -0.380 e. The molecule has 3 N–H and O–H groups in total. The number of imidazole rings is 1. The molecule has 41 heavy (non-hydrogen) atoms. The first kappa shape index (κ1) is 25.5. The number of H-pyrrole nitrogens is 1. The highest BCUT2D eigenvalue weighted by Crippen LogP contribution is 2.63. The first-order valence-electron chi connectivity index (χ1n) is 15.7. The largest absolute Gasteiger partial charge is 0.380 e. The summed E-state index contributed by atoms with van der Waals surface area (Å²) in [5, 5.41) is 6.24. The van der Waals surface area contributed by atoms with Crippen molar-refractivity contribution < 1.29 is 14.3 Å². The number of fused-ring (bicyclic) bond motifs is 3. The first-order valence-corrected chi connectivity index (χ1v) is 15.7. The lowest BCUT2D eigenvalue weighted by Gasteiger charge is -2.33. The zero-order valence-electron chi connectivity index (χ0n) is 23.9. The third kappa shape index (κ3) is 4.06. The highest BCUT2D eigenvalue weighted by Gasteiger charge is 2.54. The number of hydrogen-bond donors (Lipinski definition) is 3. The zero-order valence-corrected chi connectivity index (χ0v) is 23.9. The lowest BCUT2D eigenvalue weighted by molar-refractivity contribution is -0.133. The summed E-state index contributed by atoms with van der Waals surface area (Å²) in [5.74, 6) is 2.87. The number of carbonyl (C=O) groups excluding carboxylic acids is 2. The van der Waals surface area contributed by atoms with Crippen LogP contribution in [0.15, 0.2) is 42.5 Å². The van der Waals surface area contributed by atoms with Crippen LogP contribution in [0.2, 0.25) is 0 Å². The lowest BCUT2D eigenvalue weighted by atomic mass is 9.77. The second-order valence-electron chi connectivity index (χ2n) is 13.6. The molecule has 5 fully saturated rings. The maximum Gasteiger partial charge on any atom is 0.242 e. The molecule has 2 aromatic carbocycles. The highest BCUT2D eigenvalue weighted by molar-refractivity contribution is 5.94. The van der Waals surface area contributed by atoms with Crippen molar-refractivity contribution in [2.24, 2.45) is 23.2 Å². The van der Waals surface area contributed by atoms with Crippen molar-refractivity contribution in [3.05, 3.63) is 65.0 Å². The molecular formula is C34H40N4O3. The maximum atomic E-state index is 14.1. The third-order valence-corrected chi connectivity index (χ3v) is 11.4. The maximum absolute atomic E-state index is 14.1. The Morgan fingerprint density at radius 2 is 1.98 bits per heavy atom. The molecule has 0 radical (unpaired) electrons. The molecule has 1 aliphatic heterocycles. The van der Waals surface area contributed by atoms with Crippen LogP contribution in [0.5, 0.6) is 0 Å². The van der Waals surface area contributed by atoms with Gasteiger partial charge in [0.15, 0.2) is 0 Å². The summed E-state index contributed by atoms with van der Waals surface area (Å²) in [6.07, 6.45) is 8.72. The number of hydrogen-bond acceptors (Lipinski definition) is 4. The Bertz CT molecular complexity index is 1510. The fourth-order valence-electron chi connectivity index (χ4n) is 8.88. The Morgan fingerprint density at radius 1 is 1.12 bits per heavy atom. The van der Waals surface area contributed by atoms with Gasteiger partial charge in [-0.25, -0.2) is 4.98 Å². The van der Waals surface area contributed by atoms with Crippen LogP contribution in [0, 0.1) is 23.2 Å². The van der Waals surface area contributed by atoms with Gasteiger partial charge in [-0.15, -0.1) is 0 Å². The normalized spacial score (nSPS) is 31.1. The van der Waals surface area contributed by atoms with Gasteiger partial charge in [0.05, 0.1) is 23.1 Å². The molecule has 7 nitrogen and oxygen atoms in total. The monoisotopic (exact) mass is 552 g/mol. The van der Waals surface area contributed by atoms with Crippen LogP contribution in [-0.4, -0.2) is 47.6 Å². The zero-order chi connectivity index (χ0) is 27.8. The van der Waals surface area contributed by atoms with Gasteiger partial charge in [-0.2, -0.15) is 0 Å². The number of carbonyl (C=O) groups is 2. The summed E-state index contributed by atoms with van der Waals surface area (Å²) in [6.45, 7) is 3.35. The molecule has 4 atom stereocenters. The van der Waals surface area contributed by atoms with Crippen molar-refractivity contribution >= 4 is 22.8 Å². The fraction of sp³-hybridized carbons (Fsp3) is 0.559. The molecule has 9 rings (SSSR count). The number of nitrogens with zero attached hydrogens (tertiary/aromatic N) is 1. The molecule has 3 aromatic rings. The van der Waals surface area contributed by atoms with Gasteiger partial charge >= 0.3 is 0 Å². The van der Waals surface area contributed by atoms with Crippen molar-refractivity contribution in [3.63, 3.8) is 0 Å². The van der Waals surface area contributed by atoms with Crippen molar-refractivity contribution in [1.82, 2.24) is 20.6 Å². The van der Waals surface area contributed by atoms with Crippen LogP contribution >= 0.6 is 0 Å². The molecule has 4 saturated carbocycles. The van der Waals surface area contributed by atoms with Crippen LogP contribution in [0.25, 0.3) is 11.0 Å². The van der Waals surface area contributed by atoms with E-state index in [9.17, 15) is 9.59 Å². The Hall–Kier alpha value is -3.19. The SMILES string of the molecule is CCNC(=O)[C@H](NC(=O)C1(c2ccc3nc(C[C@H]4c5ccccc5CC45CC5)[nH]c3c2)CCOC1)C1CC2CC1C2. The predicted octanol–water partition coefficient (Wildman–Crippen LogP) is 4.55. The molecule has 1 aromatic heterocycles. The van der Waals surface area contributed by atoms with E-state index in [0.29, 0.717) is 49.3 Å². The highest BCUT2D eigenvalue weighted by atomic mass is 16.5. The minimum absolute atomic E-state index is 0.0527. The van der Waals surface area contributed by atoms with Crippen LogP contribution < -0.4 is 10.6 Å². The smallest absolute Gasteiger partial charge is 0.242 e. The molecule has 2 unspecified atom stereocenters. The van der Waals surface area contributed by atoms with E-state index in [1.54, 1.807) is 0 Å². The summed E-state index contributed by atoms with van der Waals surface area (Å²) in [6, 6.07) is 14.6. The quantitative estimate of drug-likeness (QED) is 0.382. The predicted molar refractivity (Wildman–Crippen MR) is 156 cm³/mol. The third-order valence-electron chi connectivity index (χ3n) is 11.4. The van der Waals surface area contributed by atoms with Crippen LogP contribution in [-0.2, 0) is 32.6 Å². The topological polar surface area (TPSA) is 96.1 Å². The lowest BCUT2D eigenvalue weighted by Crippen LogP contribution is -2.56. The van der Waals surface area contributed by atoms with Gasteiger partial charge < -0.3 is 20.4 Å². The van der Waals surface area contributed by atoms with Crippen molar-refractivity contribution in [3.8, 4) is 0 Å². The molecule has 7 heteroatoms. The van der Waals surface area contributed by atoms with Crippen molar-refractivity contribution in [2.75, 3.05) is 19.8 Å². The van der Waals surface area contributed by atoms with Gasteiger partial charge in [-0.3, -0.25) is 9.59 Å². The van der Waals surface area contributed by atoms with Crippen LogP contribution in [0.4, 0.5) is 0 Å². The average Bonchev–Trinajstić information content (AvgIpc) is 3.49. The summed E-state index contributed by atoms with van der Waals surface area (Å²) in [7, 11) is 0. The van der Waals surface area contributed by atoms with Gasteiger partial charge in [0.25, 0.3) is 0 Å². The number of rotatable bonds is 8. The van der Waals surface area contributed by atoms with Gasteiger partial charge in [0.1, 0.15) is 11.9 Å². The number of ether oxygens (including phenoxy) is 1. The van der Waals surface area contributed by atoms with Gasteiger partial charge in [-0.05, 0) is 110 Å². The first-order chi connectivity index (χ1) is 20.0. The fourth-order valence-corrected chi connectivity index (χ4v) is 8.88. The summed E-state index contributed by atoms with van der Waals surface area (Å²) in [5.41, 5.74) is 5.43. The van der Waals surface area contributed by atoms with E-state index in [1.807, 2.05) is 19.1 Å². The molecule has 214 valence electrons. The van der Waals surface area contributed by atoms with E-state index < -0.39 is 11.5 Å². The summed E-state index contributed by atoms with van der Waals surface area (Å²) < 4.78 is 5.86. The molecular weight excluding hydrogens is 512 g/mol. The Morgan fingerprint density at radius 3 is 2.71 bits per heavy atom. The van der Waals surface area contributed by atoms with Gasteiger partial charge in [0.2, 0.25) is 11.8 Å². The number of aromatic nitrogens is 2. The van der Waals surface area contributed by atoms with E-state index in [-0.39, 0.29) is 17.7 Å². The van der Waals surface area contributed by atoms with E-state index in [1.165, 1.54) is 43.2 Å². The van der Waals surface area contributed by atoms with Gasteiger partial charge in [-0.1, -0.05) is 30.3 Å². The molecule has 2 bridgehead atoms. The second-order valence-corrected chi connectivity index (χ2v) is 13.6. The number of amides is 2. The molecule has 6 aliphatic rings. The van der Waals surface area contributed by atoms with Crippen LogP contribution in [0.3, 0.4) is 0 Å². The number of aromatic amines is 1. The standard InChI is InChI=1S/C34H40N4O3/c1-2-35-31(39)30(25-15-20-13-22(25)14-20)38-32(40)34(11-12-41-19-34)23-7-8-27-28(16-23)37-29(36-27)17-26-24-6-4-3-5-21(24)18-33(26)9-10-33/h3-8,16,20,22,25-26,30H,2,9-15,17-19H2,1H3,(H,35,39)(H,36,37)(H,38,40)/t20?,22?,25?,26-,30+,34?/m0/s1. The Kier molecular flexibility index (Phi) is 5.86. The number of nitrogens with one attached hydrogen (secondary N) is 3. The van der Waals surface area contributed by atoms with E-state index >= 15 is 0 Å². The molecule has 1 spiro atoms. The van der Waals surface area contributed by atoms with E-state index in [2.05, 4.69) is 45.9 Å². The van der Waals surface area contributed by atoms with E-state index in [0.717, 1.165) is 35.3 Å². The second kappa shape index (κ2) is 9.41. The van der Waals surface area contributed by atoms with E-state index in [4.69, 9.17) is 9.72 Å². The molecule has 1 saturated heterocycles. The number of likely N-dealkylation sites (N-methyl/N-ethyl adjacent to an activating group) is 1. The van der Waals surface area contributed by atoms with Crippen LogP contribution in [0.1, 0.15) is 73.9 Å². The Labute approximate surface area is 241 Å². The van der Waals surface area contributed by atoms with Crippen molar-refractivity contribution in [2.45, 2.75) is 75.7 Å². The molecule has 5 aliphatic carbocycles. The Balaban J connectivity index is 1.07. The summed E-state index contributed by atoms with van der Waals surface area (Å²) in [4.78, 5) is 35.9. The number of benzene rings is 2. The molecule has 2 heterocycles. The van der Waals surface area contributed by atoms with Gasteiger partial charge in [0, 0.05) is 19.6 Å². The summed E-state index contributed by atoms with van der Waals surface area (Å²) >= 11 is 0.